The molecular formula is C15H27N5O. The Hall–Kier alpha value is -1.43. The van der Waals surface area contributed by atoms with Gasteiger partial charge in [-0.25, -0.2) is 0 Å². The molecule has 6 heteroatoms. The van der Waals surface area contributed by atoms with Gasteiger partial charge in [-0.2, -0.15) is 0 Å². The number of piperidine rings is 1. The summed E-state index contributed by atoms with van der Waals surface area (Å²) in [7, 11) is 3.82. The van der Waals surface area contributed by atoms with Gasteiger partial charge in [0.2, 0.25) is 5.91 Å². The third-order valence-corrected chi connectivity index (χ3v) is 4.76. The molecule has 1 unspecified atom stereocenters. The minimum Gasteiger partial charge on any atom is -0.354 e. The molecule has 21 heavy (non-hydrogen) atoms. The van der Waals surface area contributed by atoms with Crippen molar-refractivity contribution >= 4 is 18.0 Å². The molecule has 0 aromatic carbocycles. The lowest BCUT2D eigenvalue weighted by Crippen LogP contribution is -2.52. The number of carbonyl (C=O) groups is 1. The van der Waals surface area contributed by atoms with Crippen molar-refractivity contribution in [2.75, 3.05) is 33.7 Å². The molecule has 0 saturated carbocycles. The van der Waals surface area contributed by atoms with Crippen molar-refractivity contribution in [1.82, 2.24) is 14.7 Å². The van der Waals surface area contributed by atoms with Crippen LogP contribution in [-0.2, 0) is 4.79 Å². The molecule has 2 N–H and O–H groups in total. The van der Waals surface area contributed by atoms with E-state index in [0.29, 0.717) is 18.4 Å². The lowest BCUT2D eigenvalue weighted by Gasteiger charge is -2.40. The van der Waals surface area contributed by atoms with Crippen LogP contribution in [0.1, 0.15) is 26.7 Å². The number of hydrogen-bond donors (Lipinski definition) is 2. The number of carbonyl (C=O) groups excluding carboxylic acids is 1. The number of hydrogen-bond acceptors (Lipinski definition) is 4. The van der Waals surface area contributed by atoms with E-state index in [-0.39, 0.29) is 5.91 Å². The Bertz CT molecular complexity index is 439. The van der Waals surface area contributed by atoms with Crippen LogP contribution in [0.4, 0.5) is 0 Å². The van der Waals surface area contributed by atoms with Crippen molar-refractivity contribution in [2.45, 2.75) is 38.8 Å². The van der Waals surface area contributed by atoms with E-state index in [1.807, 2.05) is 13.8 Å². The van der Waals surface area contributed by atoms with Gasteiger partial charge in [0.15, 0.2) is 0 Å². The second-order valence-corrected chi connectivity index (χ2v) is 6.96. The summed E-state index contributed by atoms with van der Waals surface area (Å²) in [5, 5.41) is 16.1. The first-order valence-corrected chi connectivity index (χ1v) is 7.59. The lowest BCUT2D eigenvalue weighted by molar-refractivity contribution is -0.138. The van der Waals surface area contributed by atoms with Gasteiger partial charge in [-0.3, -0.25) is 10.2 Å². The fourth-order valence-electron chi connectivity index (χ4n) is 3.36. The SMILES string of the molecule is CN1CCC(N2CC(C)(C)C(=O)N(C)C(C=N)C2=N)CC1. The van der Waals surface area contributed by atoms with E-state index in [1.54, 1.807) is 11.9 Å². The van der Waals surface area contributed by atoms with Gasteiger partial charge >= 0.3 is 0 Å². The van der Waals surface area contributed by atoms with Gasteiger partial charge in [-0.15, -0.1) is 0 Å². The van der Waals surface area contributed by atoms with Gasteiger partial charge in [-0.1, -0.05) is 0 Å². The van der Waals surface area contributed by atoms with Crippen molar-refractivity contribution in [1.29, 1.82) is 10.8 Å². The molecule has 0 radical (unpaired) electrons. The van der Waals surface area contributed by atoms with Crippen molar-refractivity contribution < 1.29 is 4.79 Å². The Morgan fingerprint density at radius 2 is 1.81 bits per heavy atom. The molecule has 2 aliphatic rings. The van der Waals surface area contributed by atoms with E-state index < -0.39 is 11.5 Å². The van der Waals surface area contributed by atoms with Crippen LogP contribution in [0.2, 0.25) is 0 Å². The van der Waals surface area contributed by atoms with Crippen LogP contribution in [-0.4, -0.2) is 78.5 Å². The Kier molecular flexibility index (Phi) is 4.37. The largest absolute Gasteiger partial charge is 0.354 e. The van der Waals surface area contributed by atoms with Gasteiger partial charge in [0, 0.05) is 25.8 Å². The van der Waals surface area contributed by atoms with Gasteiger partial charge in [0.25, 0.3) is 0 Å². The molecule has 2 saturated heterocycles. The fourth-order valence-corrected chi connectivity index (χ4v) is 3.36. The van der Waals surface area contributed by atoms with E-state index >= 15 is 0 Å². The summed E-state index contributed by atoms with van der Waals surface area (Å²) in [5.41, 5.74) is -0.526. The van der Waals surface area contributed by atoms with Crippen molar-refractivity contribution in [2.24, 2.45) is 5.41 Å². The van der Waals surface area contributed by atoms with Crippen molar-refractivity contribution in [3.05, 3.63) is 0 Å². The minimum absolute atomic E-state index is 0.0103. The summed E-state index contributed by atoms with van der Waals surface area (Å²) in [6, 6.07) is -0.242. The number of nitrogens with one attached hydrogen (secondary N) is 2. The lowest BCUT2D eigenvalue weighted by atomic mass is 9.90. The highest BCUT2D eigenvalue weighted by molar-refractivity contribution is 6.03. The van der Waals surface area contributed by atoms with Crippen LogP contribution in [0.3, 0.4) is 0 Å². The summed E-state index contributed by atoms with van der Waals surface area (Å²) in [6.45, 7) is 6.48. The predicted molar refractivity (Wildman–Crippen MR) is 84.1 cm³/mol. The summed E-state index contributed by atoms with van der Waals surface area (Å²) < 4.78 is 0. The zero-order valence-corrected chi connectivity index (χ0v) is 13.5. The highest BCUT2D eigenvalue weighted by atomic mass is 16.2. The fraction of sp³-hybridized carbons (Fsp3) is 0.800. The second kappa shape index (κ2) is 5.75. The summed E-state index contributed by atoms with van der Waals surface area (Å²) >= 11 is 0. The number of amides is 1. The first-order chi connectivity index (χ1) is 9.77. The Balaban J connectivity index is 2.29. The summed E-state index contributed by atoms with van der Waals surface area (Å²) in [6.07, 6.45) is 3.23. The highest BCUT2D eigenvalue weighted by Gasteiger charge is 2.43. The highest BCUT2D eigenvalue weighted by Crippen LogP contribution is 2.29. The van der Waals surface area contributed by atoms with Crippen LogP contribution < -0.4 is 0 Å². The monoisotopic (exact) mass is 293 g/mol. The molecule has 1 amide bonds. The first kappa shape index (κ1) is 15.9. The molecule has 0 spiro atoms. The molecule has 118 valence electrons. The average Bonchev–Trinajstić information content (AvgIpc) is 2.50. The maximum absolute atomic E-state index is 12.6. The van der Waals surface area contributed by atoms with E-state index in [4.69, 9.17) is 10.8 Å². The van der Waals surface area contributed by atoms with Gasteiger partial charge in [0.05, 0.1) is 5.41 Å². The topological polar surface area (TPSA) is 74.5 Å². The number of likely N-dealkylation sites (N-methyl/N-ethyl adjacent to an activating group) is 1. The Labute approximate surface area is 127 Å². The molecule has 0 aromatic heterocycles. The number of nitrogens with zero attached hydrogens (tertiary/aromatic N) is 3. The van der Waals surface area contributed by atoms with E-state index in [0.717, 1.165) is 25.9 Å². The van der Waals surface area contributed by atoms with Gasteiger partial charge in [0.1, 0.15) is 11.9 Å². The van der Waals surface area contributed by atoms with Crippen LogP contribution >= 0.6 is 0 Å². The minimum atomic E-state index is -0.543. The number of likely N-dealkylation sites (tertiary alicyclic amines) is 1. The molecule has 0 bridgehead atoms. The molecule has 0 aliphatic carbocycles. The molecule has 6 nitrogen and oxygen atoms in total. The van der Waals surface area contributed by atoms with Crippen molar-refractivity contribution in [3.8, 4) is 0 Å². The Morgan fingerprint density at radius 3 is 2.33 bits per heavy atom. The average molecular weight is 293 g/mol. The third-order valence-electron chi connectivity index (χ3n) is 4.76. The predicted octanol–water partition coefficient (Wildman–Crippen LogP) is 0.876. The standard InChI is InChI=1S/C15H27N5O/c1-15(2)10-20(11-5-7-18(3)8-6-11)13(17)12(9-16)19(4)14(15)21/h9,11-12,16-17H,5-8,10H2,1-4H3. The molecule has 2 fully saturated rings. The zero-order chi connectivity index (χ0) is 15.8. The first-order valence-electron chi connectivity index (χ1n) is 7.59. The van der Waals surface area contributed by atoms with Gasteiger partial charge < -0.3 is 20.1 Å². The van der Waals surface area contributed by atoms with E-state index in [1.165, 1.54) is 6.21 Å². The van der Waals surface area contributed by atoms with Crippen LogP contribution in [0.25, 0.3) is 0 Å². The second-order valence-electron chi connectivity index (χ2n) is 6.96. The van der Waals surface area contributed by atoms with E-state index in [2.05, 4.69) is 16.8 Å². The molecule has 2 rings (SSSR count). The van der Waals surface area contributed by atoms with E-state index in [9.17, 15) is 4.79 Å². The number of rotatable bonds is 2. The maximum atomic E-state index is 12.6. The summed E-state index contributed by atoms with van der Waals surface area (Å²) in [5.74, 6) is 0.400. The molecular weight excluding hydrogens is 266 g/mol. The van der Waals surface area contributed by atoms with Crippen LogP contribution in [0, 0.1) is 16.2 Å². The van der Waals surface area contributed by atoms with Crippen molar-refractivity contribution in [3.63, 3.8) is 0 Å². The Morgan fingerprint density at radius 1 is 1.24 bits per heavy atom. The maximum Gasteiger partial charge on any atom is 0.230 e. The smallest absolute Gasteiger partial charge is 0.230 e. The van der Waals surface area contributed by atoms with Crippen LogP contribution in [0.15, 0.2) is 0 Å². The third kappa shape index (κ3) is 2.95. The molecule has 2 heterocycles. The molecule has 2 aliphatic heterocycles. The van der Waals surface area contributed by atoms with Gasteiger partial charge in [-0.05, 0) is 46.8 Å². The zero-order valence-electron chi connectivity index (χ0n) is 13.5. The number of amidine groups is 1. The normalized spacial score (nSPS) is 28.7. The quantitative estimate of drug-likeness (QED) is 0.742. The molecule has 1 atom stereocenters. The summed E-state index contributed by atoms with van der Waals surface area (Å²) in [4.78, 5) is 18.5. The molecule has 0 aromatic rings. The van der Waals surface area contributed by atoms with Crippen LogP contribution in [0.5, 0.6) is 0 Å².